The monoisotopic (exact) mass is 478 g/mol. The number of fused-ring (bicyclic) bond motifs is 1. The number of carbonyl (C=O) groups is 1. The van der Waals surface area contributed by atoms with Crippen molar-refractivity contribution in [3.05, 3.63) is 54.3 Å². The Morgan fingerprint density at radius 1 is 1.28 bits per heavy atom. The van der Waals surface area contributed by atoms with Crippen molar-refractivity contribution in [2.24, 2.45) is 0 Å². The van der Waals surface area contributed by atoms with E-state index < -0.39 is 5.83 Å². The minimum absolute atomic E-state index is 0.118. The largest absolute Gasteiger partial charge is 0.461 e. The maximum absolute atomic E-state index is 13.6. The second-order valence-electron chi connectivity index (χ2n) is 7.46. The first-order chi connectivity index (χ1) is 15.5. The van der Waals surface area contributed by atoms with E-state index in [4.69, 9.17) is 4.74 Å². The lowest BCUT2D eigenvalue weighted by atomic mass is 10.1. The highest BCUT2D eigenvalue weighted by Gasteiger charge is 2.28. The Hall–Kier alpha value is -2.03. The lowest BCUT2D eigenvalue weighted by Crippen LogP contribution is -2.35. The Labute approximate surface area is 197 Å². The molecule has 0 aliphatic carbocycles. The lowest BCUT2D eigenvalue weighted by Gasteiger charge is -2.30. The van der Waals surface area contributed by atoms with E-state index in [9.17, 15) is 13.6 Å². The summed E-state index contributed by atoms with van der Waals surface area (Å²) in [6, 6.07) is 10.8. The van der Waals surface area contributed by atoms with Crippen LogP contribution in [0, 0.1) is 5.82 Å². The highest BCUT2D eigenvalue weighted by atomic mass is 32.2. The van der Waals surface area contributed by atoms with Crippen LogP contribution in [-0.4, -0.2) is 36.0 Å². The van der Waals surface area contributed by atoms with Crippen LogP contribution in [0.5, 0.6) is 5.75 Å². The summed E-state index contributed by atoms with van der Waals surface area (Å²) >= 11 is 3.20. The molecule has 2 aromatic rings. The first-order valence-electron chi connectivity index (χ1n) is 10.7. The van der Waals surface area contributed by atoms with Crippen molar-refractivity contribution < 1.29 is 18.3 Å². The summed E-state index contributed by atoms with van der Waals surface area (Å²) in [6.07, 6.45) is 4.22. The molecule has 1 aliphatic rings. The smallest absolute Gasteiger partial charge is 0.197 e. The van der Waals surface area contributed by atoms with Gasteiger partial charge in [0.2, 0.25) is 0 Å². The minimum atomic E-state index is -0.968. The number of unbranched alkanes of at least 4 members (excludes halogenated alkanes) is 1. The zero-order chi connectivity index (χ0) is 23.1. The number of hydrogen-bond donors (Lipinski definition) is 0. The van der Waals surface area contributed by atoms with Gasteiger partial charge in [-0.15, -0.1) is 11.8 Å². The molecular formula is C24H28F2N2O2S2. The van der Waals surface area contributed by atoms with E-state index in [1.165, 1.54) is 12.1 Å². The number of thioether (sulfide) groups is 1. The molecule has 0 bridgehead atoms. The molecule has 0 saturated carbocycles. The molecule has 1 atom stereocenters. The van der Waals surface area contributed by atoms with Crippen molar-refractivity contribution in [1.82, 2.24) is 4.31 Å². The fourth-order valence-corrected chi connectivity index (χ4v) is 5.36. The van der Waals surface area contributed by atoms with Crippen LogP contribution in [0.1, 0.15) is 33.1 Å². The number of carbonyl (C=O) groups excluding carboxylic acids is 1. The number of likely N-dealkylation sites (N-methyl/N-ethyl adjacent to an activating group) is 1. The molecule has 2 aromatic carbocycles. The Kier molecular flexibility index (Phi) is 9.02. The summed E-state index contributed by atoms with van der Waals surface area (Å²) in [6.45, 7) is 4.97. The second-order valence-corrected chi connectivity index (χ2v) is 9.96. The van der Waals surface area contributed by atoms with Crippen molar-refractivity contribution in [2.75, 3.05) is 24.2 Å². The topological polar surface area (TPSA) is 32.8 Å². The third kappa shape index (κ3) is 6.05. The summed E-state index contributed by atoms with van der Waals surface area (Å²) in [5.74, 6) is 0.0645. The third-order valence-electron chi connectivity index (χ3n) is 5.21. The number of ether oxygens (including phenoxy) is 1. The van der Waals surface area contributed by atoms with Crippen LogP contribution in [0.15, 0.2) is 58.3 Å². The standard InChI is InChI=1S/C24H28F2N2O2S2/c1-4-6-7-20-14-28(19-10-8-17(25)9-11-19)21-12-24(31-5-2)22(30-16-18(26)15-29)13-23(21)32-27(20)3/h8-13,15-16,20H,4-7,14H2,1-3H3/b18-16-. The molecule has 0 amide bonds. The zero-order valence-electron chi connectivity index (χ0n) is 18.5. The van der Waals surface area contributed by atoms with Gasteiger partial charge in [0.1, 0.15) is 17.8 Å². The Balaban J connectivity index is 2.09. The van der Waals surface area contributed by atoms with E-state index in [2.05, 4.69) is 23.2 Å². The molecule has 1 unspecified atom stereocenters. The van der Waals surface area contributed by atoms with E-state index in [-0.39, 0.29) is 18.1 Å². The van der Waals surface area contributed by atoms with Gasteiger partial charge in [-0.05, 0) is 67.6 Å². The maximum atomic E-state index is 13.6. The van der Waals surface area contributed by atoms with Gasteiger partial charge in [-0.1, -0.05) is 26.7 Å². The number of anilines is 2. The third-order valence-corrected chi connectivity index (χ3v) is 7.23. The number of halogens is 2. The van der Waals surface area contributed by atoms with Gasteiger partial charge in [0, 0.05) is 18.3 Å². The first-order valence-corrected chi connectivity index (χ1v) is 12.4. The van der Waals surface area contributed by atoms with Crippen LogP contribution in [0.3, 0.4) is 0 Å². The van der Waals surface area contributed by atoms with E-state index in [1.54, 1.807) is 35.8 Å². The van der Waals surface area contributed by atoms with Crippen LogP contribution in [-0.2, 0) is 4.79 Å². The summed E-state index contributed by atoms with van der Waals surface area (Å²) in [5, 5.41) is 0. The molecule has 0 spiro atoms. The van der Waals surface area contributed by atoms with Crippen molar-refractivity contribution in [3.63, 3.8) is 0 Å². The average Bonchev–Trinajstić information content (AvgIpc) is 2.92. The van der Waals surface area contributed by atoms with Crippen LogP contribution in [0.25, 0.3) is 0 Å². The van der Waals surface area contributed by atoms with Crippen molar-refractivity contribution in [3.8, 4) is 5.75 Å². The molecule has 0 aromatic heterocycles. The predicted molar refractivity (Wildman–Crippen MR) is 129 cm³/mol. The molecule has 1 aliphatic heterocycles. The molecular weight excluding hydrogens is 450 g/mol. The van der Waals surface area contributed by atoms with Crippen molar-refractivity contribution in [1.29, 1.82) is 0 Å². The fourth-order valence-electron chi connectivity index (χ4n) is 3.55. The maximum Gasteiger partial charge on any atom is 0.197 e. The van der Waals surface area contributed by atoms with Crippen LogP contribution in [0.4, 0.5) is 20.2 Å². The van der Waals surface area contributed by atoms with Gasteiger partial charge < -0.3 is 9.64 Å². The fraction of sp³-hybridized carbons (Fsp3) is 0.375. The Morgan fingerprint density at radius 3 is 2.69 bits per heavy atom. The first kappa shape index (κ1) is 24.6. The Bertz CT molecular complexity index is 954. The summed E-state index contributed by atoms with van der Waals surface area (Å²) in [7, 11) is 2.07. The number of aldehydes is 1. The predicted octanol–water partition coefficient (Wildman–Crippen LogP) is 6.98. The minimum Gasteiger partial charge on any atom is -0.461 e. The molecule has 0 radical (unpaired) electrons. The van der Waals surface area contributed by atoms with E-state index in [1.807, 2.05) is 19.1 Å². The molecule has 0 N–H and O–H groups in total. The highest BCUT2D eigenvalue weighted by Crippen LogP contribution is 2.46. The quantitative estimate of drug-likeness (QED) is 0.127. The van der Waals surface area contributed by atoms with Gasteiger partial charge in [-0.2, -0.15) is 4.39 Å². The van der Waals surface area contributed by atoms with E-state index in [0.29, 0.717) is 5.75 Å². The molecule has 3 rings (SSSR count). The number of benzene rings is 2. The lowest BCUT2D eigenvalue weighted by molar-refractivity contribution is -0.106. The number of allylic oxidation sites excluding steroid dienone is 1. The second kappa shape index (κ2) is 11.7. The van der Waals surface area contributed by atoms with Crippen molar-refractivity contribution in [2.45, 2.75) is 48.9 Å². The highest BCUT2D eigenvalue weighted by molar-refractivity contribution is 7.99. The summed E-state index contributed by atoms with van der Waals surface area (Å²) < 4.78 is 34.8. The Morgan fingerprint density at radius 2 is 2.03 bits per heavy atom. The number of rotatable bonds is 9. The molecule has 32 heavy (non-hydrogen) atoms. The summed E-state index contributed by atoms with van der Waals surface area (Å²) in [4.78, 5) is 14.7. The van der Waals surface area contributed by atoms with Crippen LogP contribution < -0.4 is 9.64 Å². The molecule has 0 saturated heterocycles. The molecule has 8 heteroatoms. The van der Waals surface area contributed by atoms with Crippen LogP contribution >= 0.6 is 23.7 Å². The SMILES string of the molecule is CCCCC1CN(c2ccc(F)cc2)c2cc(SCC)c(O/C=C(\F)C=O)cc2SN1C. The van der Waals surface area contributed by atoms with Gasteiger partial charge in [-0.3, -0.25) is 4.79 Å². The van der Waals surface area contributed by atoms with E-state index >= 15 is 0 Å². The van der Waals surface area contributed by atoms with E-state index in [0.717, 1.165) is 59.0 Å². The van der Waals surface area contributed by atoms with Gasteiger partial charge in [0.05, 0.1) is 15.5 Å². The van der Waals surface area contributed by atoms with Gasteiger partial charge in [-0.25, -0.2) is 8.70 Å². The molecule has 4 nitrogen and oxygen atoms in total. The average molecular weight is 479 g/mol. The van der Waals surface area contributed by atoms with Crippen LogP contribution in [0.2, 0.25) is 0 Å². The molecule has 172 valence electrons. The number of nitrogens with zero attached hydrogens (tertiary/aromatic N) is 2. The molecule has 1 heterocycles. The molecule has 0 fully saturated rings. The zero-order valence-corrected chi connectivity index (χ0v) is 20.1. The van der Waals surface area contributed by atoms with Crippen molar-refractivity contribution >= 4 is 41.4 Å². The van der Waals surface area contributed by atoms with Gasteiger partial charge in [0.25, 0.3) is 0 Å². The van der Waals surface area contributed by atoms with Gasteiger partial charge >= 0.3 is 0 Å². The van der Waals surface area contributed by atoms with Gasteiger partial charge in [0.15, 0.2) is 12.1 Å². The summed E-state index contributed by atoms with van der Waals surface area (Å²) in [5.41, 5.74) is 1.91. The number of hydrogen-bond acceptors (Lipinski definition) is 6. The normalized spacial score (nSPS) is 17.1.